The molecule has 2 nitrogen and oxygen atoms in total. The number of aliphatic imine (C=N–C) groups is 1. The minimum Gasteiger partial charge on any atom is -0.343 e. The second-order valence-electron chi connectivity index (χ2n) is 6.23. The molecule has 24 heavy (non-hydrogen) atoms. The molecule has 0 radical (unpaired) electrons. The van der Waals surface area contributed by atoms with Gasteiger partial charge in [-0.15, -0.1) is 0 Å². The van der Waals surface area contributed by atoms with E-state index in [4.69, 9.17) is 0 Å². The minimum atomic E-state index is 0.415. The predicted octanol–water partition coefficient (Wildman–Crippen LogP) is 5.32. The maximum absolute atomic E-state index is 4.48. The number of nitrogens with one attached hydrogen (secondary N) is 1. The maximum Gasteiger partial charge on any atom is 0.103 e. The highest BCUT2D eigenvalue weighted by Crippen LogP contribution is 2.20. The molecule has 126 valence electrons. The Bertz CT molecular complexity index is 684. The van der Waals surface area contributed by atoms with Gasteiger partial charge < -0.3 is 5.32 Å². The summed E-state index contributed by atoms with van der Waals surface area (Å²) in [6, 6.07) is 21.1. The first-order valence-corrected chi connectivity index (χ1v) is 8.68. The van der Waals surface area contributed by atoms with Crippen LogP contribution < -0.4 is 5.32 Å². The molecule has 0 amide bonds. The Kier molecular flexibility index (Phi) is 6.80. The van der Waals surface area contributed by atoms with Gasteiger partial charge >= 0.3 is 0 Å². The molecule has 2 heteroatoms. The number of hydrogen-bond donors (Lipinski definition) is 1. The lowest BCUT2D eigenvalue weighted by atomic mass is 9.99. The summed E-state index contributed by atoms with van der Waals surface area (Å²) in [5.74, 6) is 1.46. The van der Waals surface area contributed by atoms with E-state index < -0.39 is 0 Å². The van der Waals surface area contributed by atoms with E-state index in [2.05, 4.69) is 91.7 Å². The summed E-state index contributed by atoms with van der Waals surface area (Å²) in [6.45, 7) is 6.61. The Morgan fingerprint density at radius 2 is 1.58 bits per heavy atom. The molecule has 1 atom stereocenters. The highest BCUT2D eigenvalue weighted by atomic mass is 15.0. The summed E-state index contributed by atoms with van der Waals surface area (Å²) >= 11 is 0. The molecule has 2 rings (SSSR count). The van der Waals surface area contributed by atoms with Gasteiger partial charge in [0.25, 0.3) is 0 Å². The van der Waals surface area contributed by atoms with Gasteiger partial charge in [-0.2, -0.15) is 0 Å². The van der Waals surface area contributed by atoms with E-state index in [1.54, 1.807) is 0 Å². The Labute approximate surface area is 146 Å². The van der Waals surface area contributed by atoms with Crippen LogP contribution in [-0.4, -0.2) is 12.9 Å². The van der Waals surface area contributed by atoms with Gasteiger partial charge in [-0.3, -0.25) is 4.99 Å². The average Bonchev–Trinajstić information content (AvgIpc) is 2.63. The van der Waals surface area contributed by atoms with Crippen molar-refractivity contribution in [1.29, 1.82) is 0 Å². The summed E-state index contributed by atoms with van der Waals surface area (Å²) in [7, 11) is 1.86. The second kappa shape index (κ2) is 9.07. The molecule has 0 aromatic heterocycles. The first-order chi connectivity index (χ1) is 11.7. The fourth-order valence-electron chi connectivity index (χ4n) is 2.74. The van der Waals surface area contributed by atoms with Gasteiger partial charge in [-0.25, -0.2) is 0 Å². The molecule has 0 saturated heterocycles. The largest absolute Gasteiger partial charge is 0.343 e. The number of rotatable bonds is 6. The highest BCUT2D eigenvalue weighted by Gasteiger charge is 2.13. The van der Waals surface area contributed by atoms with Crippen molar-refractivity contribution in [2.45, 2.75) is 33.6 Å². The van der Waals surface area contributed by atoms with Crippen LogP contribution in [0.3, 0.4) is 0 Å². The summed E-state index contributed by atoms with van der Waals surface area (Å²) in [5.41, 5.74) is 5.01. The lowest BCUT2D eigenvalue weighted by Gasteiger charge is -2.20. The van der Waals surface area contributed by atoms with Crippen LogP contribution in [0.25, 0.3) is 5.70 Å². The first kappa shape index (κ1) is 18.0. The van der Waals surface area contributed by atoms with Gasteiger partial charge in [-0.1, -0.05) is 74.5 Å². The third-order valence-electron chi connectivity index (χ3n) is 4.37. The van der Waals surface area contributed by atoms with Crippen LogP contribution in [0.1, 0.15) is 38.3 Å². The van der Waals surface area contributed by atoms with Gasteiger partial charge in [0.05, 0.1) is 0 Å². The number of amidine groups is 1. The molecular weight excluding hydrogens is 292 g/mol. The molecule has 0 aliphatic carbocycles. The van der Waals surface area contributed by atoms with E-state index in [0.717, 1.165) is 18.7 Å². The summed E-state index contributed by atoms with van der Waals surface area (Å²) in [4.78, 5) is 4.48. The molecule has 1 N–H and O–H groups in total. The summed E-state index contributed by atoms with van der Waals surface area (Å²) in [6.07, 6.45) is 2.00. The van der Waals surface area contributed by atoms with Crippen molar-refractivity contribution in [3.8, 4) is 0 Å². The molecule has 2 aromatic carbocycles. The van der Waals surface area contributed by atoms with Crippen LogP contribution >= 0.6 is 0 Å². The second-order valence-corrected chi connectivity index (χ2v) is 6.23. The third kappa shape index (κ3) is 4.82. The number of allylic oxidation sites excluding steroid dienone is 1. The predicted molar refractivity (Wildman–Crippen MR) is 105 cm³/mol. The lowest BCUT2D eigenvalue weighted by Crippen LogP contribution is -2.29. The smallest absolute Gasteiger partial charge is 0.103 e. The van der Waals surface area contributed by atoms with Crippen molar-refractivity contribution in [1.82, 2.24) is 5.32 Å². The summed E-state index contributed by atoms with van der Waals surface area (Å²) in [5, 5.41) is 3.62. The normalized spacial score (nSPS) is 14.1. The molecule has 2 aromatic rings. The molecule has 1 unspecified atom stereocenters. The van der Waals surface area contributed by atoms with Crippen molar-refractivity contribution in [3.63, 3.8) is 0 Å². The summed E-state index contributed by atoms with van der Waals surface area (Å²) < 4.78 is 0. The topological polar surface area (TPSA) is 24.4 Å². The van der Waals surface area contributed by atoms with E-state index in [9.17, 15) is 0 Å². The quantitative estimate of drug-likeness (QED) is 0.565. The third-order valence-corrected chi connectivity index (χ3v) is 4.37. The highest BCUT2D eigenvalue weighted by molar-refractivity contribution is 5.92. The van der Waals surface area contributed by atoms with Crippen LogP contribution in [0.4, 0.5) is 0 Å². The Balaban J connectivity index is 2.37. The Hall–Kier alpha value is -2.35. The van der Waals surface area contributed by atoms with Gasteiger partial charge in [0.2, 0.25) is 0 Å². The Morgan fingerprint density at radius 1 is 1.00 bits per heavy atom. The van der Waals surface area contributed by atoms with Crippen LogP contribution in [0, 0.1) is 5.92 Å². The van der Waals surface area contributed by atoms with Crippen molar-refractivity contribution < 1.29 is 0 Å². The lowest BCUT2D eigenvalue weighted by molar-refractivity contribution is 0.719. The fraction of sp³-hybridized carbons (Fsp3) is 0.318. The number of hydrogen-bond acceptors (Lipinski definition) is 1. The molecule has 0 aliphatic heterocycles. The number of benzene rings is 2. The zero-order chi connectivity index (χ0) is 17.4. The zero-order valence-corrected chi connectivity index (χ0v) is 15.2. The fourth-order valence-corrected chi connectivity index (χ4v) is 2.74. The Morgan fingerprint density at radius 3 is 2.12 bits per heavy atom. The minimum absolute atomic E-state index is 0.415. The number of nitrogens with zero attached hydrogens (tertiary/aromatic N) is 1. The van der Waals surface area contributed by atoms with E-state index >= 15 is 0 Å². The van der Waals surface area contributed by atoms with E-state index in [1.807, 2.05) is 7.05 Å². The zero-order valence-electron chi connectivity index (χ0n) is 15.2. The SMILES string of the molecule is CCC(C)C(=NC)N/C(=C(\C)Cc1ccccc1)c1ccccc1. The molecule has 0 heterocycles. The molecule has 0 saturated carbocycles. The van der Waals surface area contributed by atoms with Gasteiger partial charge in [-0.05, 0) is 36.5 Å². The molecule has 0 spiro atoms. The molecular formula is C22H28N2. The average molecular weight is 320 g/mol. The van der Waals surface area contributed by atoms with Crippen molar-refractivity contribution in [3.05, 3.63) is 77.4 Å². The maximum atomic E-state index is 4.48. The monoisotopic (exact) mass is 320 g/mol. The molecule has 0 aliphatic rings. The van der Waals surface area contributed by atoms with Crippen LogP contribution in [0.2, 0.25) is 0 Å². The molecule has 0 fully saturated rings. The first-order valence-electron chi connectivity index (χ1n) is 8.68. The van der Waals surface area contributed by atoms with E-state index in [-0.39, 0.29) is 0 Å². The van der Waals surface area contributed by atoms with Gasteiger partial charge in [0.1, 0.15) is 5.84 Å². The standard InChI is InChI=1S/C22H28N2/c1-5-17(2)22(23-4)24-21(20-14-10-7-11-15-20)18(3)16-19-12-8-6-9-13-19/h6-15,17H,5,16H2,1-4H3,(H,23,24)/b21-18+. The van der Waals surface area contributed by atoms with Crippen molar-refractivity contribution in [2.24, 2.45) is 10.9 Å². The van der Waals surface area contributed by atoms with Crippen LogP contribution in [0.15, 0.2) is 71.2 Å². The van der Waals surface area contributed by atoms with Gasteiger partial charge in [0, 0.05) is 18.7 Å². The molecule has 0 bridgehead atoms. The van der Waals surface area contributed by atoms with Crippen molar-refractivity contribution >= 4 is 11.5 Å². The van der Waals surface area contributed by atoms with Crippen LogP contribution in [0.5, 0.6) is 0 Å². The van der Waals surface area contributed by atoms with E-state index in [1.165, 1.54) is 22.4 Å². The van der Waals surface area contributed by atoms with Gasteiger partial charge in [0.15, 0.2) is 0 Å². The van der Waals surface area contributed by atoms with E-state index in [0.29, 0.717) is 5.92 Å². The van der Waals surface area contributed by atoms with Crippen molar-refractivity contribution in [2.75, 3.05) is 7.05 Å². The van der Waals surface area contributed by atoms with Crippen LogP contribution in [-0.2, 0) is 6.42 Å².